The maximum atomic E-state index is 4.00. The number of aryl methyl sites for hydroxylation is 4. The van der Waals surface area contributed by atoms with Crippen LogP contribution in [0.1, 0.15) is 28.7 Å². The van der Waals surface area contributed by atoms with Crippen molar-refractivity contribution in [1.29, 1.82) is 0 Å². The van der Waals surface area contributed by atoms with Gasteiger partial charge in [-0.2, -0.15) is 0 Å². The van der Waals surface area contributed by atoms with E-state index in [1.165, 1.54) is 39.8 Å². The van der Waals surface area contributed by atoms with Crippen molar-refractivity contribution in [2.45, 2.75) is 32.1 Å². The van der Waals surface area contributed by atoms with Gasteiger partial charge in [-0.25, -0.2) is 0 Å². The Balaban J connectivity index is 0.000000142. The van der Waals surface area contributed by atoms with Gasteiger partial charge in [0.05, 0.1) is 0 Å². The molecular formula is C35H34N6. The second kappa shape index (κ2) is 17.5. The van der Waals surface area contributed by atoms with E-state index in [2.05, 4.69) is 78.4 Å². The summed E-state index contributed by atoms with van der Waals surface area (Å²) in [5.41, 5.74) is 7.73. The molecule has 0 fully saturated rings. The Bertz CT molecular complexity index is 1350. The minimum absolute atomic E-state index is 1.06. The van der Waals surface area contributed by atoms with E-state index in [1.54, 1.807) is 24.8 Å². The Morgan fingerprint density at radius 1 is 0.268 bits per heavy atom. The quantitative estimate of drug-likeness (QED) is 0.206. The Morgan fingerprint density at radius 2 is 0.488 bits per heavy atom. The molecule has 0 bridgehead atoms. The van der Waals surface area contributed by atoms with Crippen molar-refractivity contribution in [1.82, 2.24) is 29.9 Å². The molecule has 0 saturated heterocycles. The van der Waals surface area contributed by atoms with E-state index < -0.39 is 0 Å². The van der Waals surface area contributed by atoms with Gasteiger partial charge in [0, 0.05) is 74.4 Å². The summed E-state index contributed by atoms with van der Waals surface area (Å²) in [5, 5.41) is 0. The van der Waals surface area contributed by atoms with Gasteiger partial charge in [-0.3, -0.25) is 29.9 Å². The first kappa shape index (κ1) is 28.9. The van der Waals surface area contributed by atoms with E-state index in [1.807, 2.05) is 73.8 Å². The highest BCUT2D eigenvalue weighted by atomic mass is 14.6. The zero-order valence-corrected chi connectivity index (χ0v) is 23.1. The molecule has 6 nitrogen and oxygen atoms in total. The summed E-state index contributed by atoms with van der Waals surface area (Å²) in [5.74, 6) is 0. The van der Waals surface area contributed by atoms with Gasteiger partial charge in [-0.15, -0.1) is 0 Å². The average Bonchev–Trinajstić information content (AvgIpc) is 3.07. The normalized spacial score (nSPS) is 9.95. The fourth-order valence-electron chi connectivity index (χ4n) is 4.07. The number of pyridine rings is 6. The molecule has 6 aromatic rings. The second-order valence-corrected chi connectivity index (χ2v) is 9.25. The summed E-state index contributed by atoms with van der Waals surface area (Å²) in [6.07, 6.45) is 27.4. The molecule has 0 radical (unpaired) electrons. The number of hydrogen-bond donors (Lipinski definition) is 0. The van der Waals surface area contributed by atoms with Crippen LogP contribution in [0.4, 0.5) is 0 Å². The molecule has 6 rings (SSSR count). The zero-order valence-electron chi connectivity index (χ0n) is 23.1. The van der Waals surface area contributed by atoms with Crippen LogP contribution in [0.5, 0.6) is 0 Å². The molecule has 0 N–H and O–H groups in total. The van der Waals surface area contributed by atoms with E-state index in [-0.39, 0.29) is 0 Å². The molecule has 0 aliphatic rings. The van der Waals surface area contributed by atoms with Crippen molar-refractivity contribution in [2.24, 2.45) is 0 Å². The molecule has 0 amide bonds. The monoisotopic (exact) mass is 538 g/mol. The minimum Gasteiger partial charge on any atom is -0.265 e. The first-order valence-corrected chi connectivity index (χ1v) is 13.7. The average molecular weight is 539 g/mol. The molecule has 0 atom stereocenters. The van der Waals surface area contributed by atoms with Gasteiger partial charge < -0.3 is 0 Å². The van der Waals surface area contributed by atoms with E-state index in [0.29, 0.717) is 0 Å². The lowest BCUT2D eigenvalue weighted by Crippen LogP contribution is -1.91. The third-order valence-electron chi connectivity index (χ3n) is 6.32. The third kappa shape index (κ3) is 11.3. The summed E-state index contributed by atoms with van der Waals surface area (Å²) in [6.45, 7) is 0. The van der Waals surface area contributed by atoms with Gasteiger partial charge in [0.2, 0.25) is 0 Å². The van der Waals surface area contributed by atoms with Crippen molar-refractivity contribution >= 4 is 0 Å². The first-order valence-electron chi connectivity index (χ1n) is 13.7. The van der Waals surface area contributed by atoms with Crippen molar-refractivity contribution in [3.63, 3.8) is 0 Å². The molecule has 6 heteroatoms. The van der Waals surface area contributed by atoms with Crippen molar-refractivity contribution < 1.29 is 0 Å². The van der Waals surface area contributed by atoms with Gasteiger partial charge in [0.25, 0.3) is 0 Å². The standard InChI is InChI=1S/C13H14N2.C12H12N2.C10H8N2/c1(2-12-4-8-14-9-5-12)3-13-6-10-15-11-7-13;1(11-3-7-13-8-4-11)2-12-5-9-14-10-6-12;1-5-11-6-2-9(1)10-3-7-12-8-4-10/h4-11H,1-3H2;3-10H,1-2H2;1-8H. The van der Waals surface area contributed by atoms with Crippen molar-refractivity contribution in [2.75, 3.05) is 0 Å². The maximum absolute atomic E-state index is 4.00. The summed E-state index contributed by atoms with van der Waals surface area (Å²) in [4.78, 5) is 23.9. The number of hydrogen-bond acceptors (Lipinski definition) is 6. The highest BCUT2D eigenvalue weighted by Gasteiger charge is 1.96. The molecule has 0 unspecified atom stereocenters. The molecule has 41 heavy (non-hydrogen) atoms. The highest BCUT2D eigenvalue weighted by molar-refractivity contribution is 5.61. The van der Waals surface area contributed by atoms with Gasteiger partial charge in [-0.1, -0.05) is 0 Å². The minimum atomic E-state index is 1.06. The van der Waals surface area contributed by atoms with E-state index in [0.717, 1.165) is 25.7 Å². The van der Waals surface area contributed by atoms with E-state index in [9.17, 15) is 0 Å². The summed E-state index contributed by atoms with van der Waals surface area (Å²) in [7, 11) is 0. The van der Waals surface area contributed by atoms with Crippen molar-refractivity contribution in [3.8, 4) is 11.1 Å². The van der Waals surface area contributed by atoms with Crippen LogP contribution in [0.3, 0.4) is 0 Å². The van der Waals surface area contributed by atoms with Gasteiger partial charge in [0.15, 0.2) is 0 Å². The zero-order chi connectivity index (χ0) is 28.2. The fraction of sp³-hybridized carbons (Fsp3) is 0.143. The molecule has 0 aliphatic carbocycles. The van der Waals surface area contributed by atoms with Gasteiger partial charge in [0.1, 0.15) is 0 Å². The predicted octanol–water partition coefficient (Wildman–Crippen LogP) is 7.06. The van der Waals surface area contributed by atoms with Crippen LogP contribution in [-0.2, 0) is 25.7 Å². The van der Waals surface area contributed by atoms with Crippen LogP contribution in [-0.4, -0.2) is 29.9 Å². The molecule has 0 saturated carbocycles. The SMILES string of the molecule is c1cc(-c2ccncc2)ccn1.c1cc(CCCc2ccncc2)ccn1.c1cc(CCc2ccncc2)ccn1. The molecule has 0 aliphatic heterocycles. The molecular weight excluding hydrogens is 504 g/mol. The van der Waals surface area contributed by atoms with E-state index in [4.69, 9.17) is 0 Å². The van der Waals surface area contributed by atoms with Crippen LogP contribution in [0.2, 0.25) is 0 Å². The Kier molecular flexibility index (Phi) is 12.3. The number of aromatic nitrogens is 6. The predicted molar refractivity (Wildman–Crippen MR) is 164 cm³/mol. The lowest BCUT2D eigenvalue weighted by atomic mass is 10.1. The maximum Gasteiger partial charge on any atom is 0.0273 e. The third-order valence-corrected chi connectivity index (χ3v) is 6.32. The summed E-state index contributed by atoms with van der Waals surface area (Å²) in [6, 6.07) is 24.5. The van der Waals surface area contributed by atoms with Crippen LogP contribution in [0, 0.1) is 0 Å². The smallest absolute Gasteiger partial charge is 0.0273 e. The Hall–Kier alpha value is -5.10. The molecule has 0 spiro atoms. The lowest BCUT2D eigenvalue weighted by Gasteiger charge is -2.01. The first-order chi connectivity index (χ1) is 20.4. The topological polar surface area (TPSA) is 77.3 Å². The largest absolute Gasteiger partial charge is 0.265 e. The van der Waals surface area contributed by atoms with Crippen molar-refractivity contribution in [3.05, 3.63) is 169 Å². The van der Waals surface area contributed by atoms with Crippen LogP contribution < -0.4 is 0 Å². The van der Waals surface area contributed by atoms with Gasteiger partial charge in [-0.05, 0) is 138 Å². The second-order valence-electron chi connectivity index (χ2n) is 9.25. The highest BCUT2D eigenvalue weighted by Crippen LogP contribution is 2.15. The number of rotatable bonds is 8. The molecule has 0 aromatic carbocycles. The summed E-state index contributed by atoms with van der Waals surface area (Å²) >= 11 is 0. The Morgan fingerprint density at radius 3 is 0.756 bits per heavy atom. The van der Waals surface area contributed by atoms with E-state index >= 15 is 0 Å². The number of nitrogens with zero attached hydrogens (tertiary/aromatic N) is 6. The fourth-order valence-corrected chi connectivity index (χ4v) is 4.07. The van der Waals surface area contributed by atoms with Crippen LogP contribution in [0.25, 0.3) is 11.1 Å². The Labute approximate surface area is 242 Å². The molecule has 204 valence electrons. The molecule has 6 heterocycles. The lowest BCUT2D eigenvalue weighted by molar-refractivity contribution is 0.818. The summed E-state index contributed by atoms with van der Waals surface area (Å²) < 4.78 is 0. The van der Waals surface area contributed by atoms with Crippen LogP contribution >= 0.6 is 0 Å². The molecule has 6 aromatic heterocycles. The van der Waals surface area contributed by atoms with Gasteiger partial charge >= 0.3 is 0 Å². The van der Waals surface area contributed by atoms with Crippen LogP contribution in [0.15, 0.2) is 147 Å².